The van der Waals surface area contributed by atoms with Gasteiger partial charge < -0.3 is 9.88 Å². The number of rotatable bonds is 11. The topological polar surface area (TPSA) is 92.1 Å². The molecule has 0 bridgehead atoms. The average molecular weight is 447 g/mol. The van der Waals surface area contributed by atoms with Gasteiger partial charge in [0.2, 0.25) is 5.91 Å². The van der Waals surface area contributed by atoms with Crippen LogP contribution in [0.3, 0.4) is 0 Å². The van der Waals surface area contributed by atoms with Crippen LogP contribution in [0.15, 0.2) is 35.5 Å². The van der Waals surface area contributed by atoms with E-state index in [9.17, 15) is 9.59 Å². The SMILES string of the molecule is CCC(c1nnc(SCC(=O)NC(=O)NCCC(C)C)n1Cc1ccccc1)N(C)C. The highest BCUT2D eigenvalue weighted by Gasteiger charge is 2.22. The van der Waals surface area contributed by atoms with E-state index in [4.69, 9.17) is 0 Å². The van der Waals surface area contributed by atoms with Crippen LogP contribution in [-0.2, 0) is 11.3 Å². The van der Waals surface area contributed by atoms with Gasteiger partial charge in [-0.3, -0.25) is 15.0 Å². The minimum atomic E-state index is -0.462. The molecule has 31 heavy (non-hydrogen) atoms. The van der Waals surface area contributed by atoms with E-state index in [2.05, 4.69) is 63.2 Å². The summed E-state index contributed by atoms with van der Waals surface area (Å²) < 4.78 is 2.06. The van der Waals surface area contributed by atoms with Crippen molar-refractivity contribution in [2.24, 2.45) is 5.92 Å². The number of hydrogen-bond acceptors (Lipinski definition) is 6. The van der Waals surface area contributed by atoms with E-state index in [0.717, 1.165) is 24.2 Å². The summed E-state index contributed by atoms with van der Waals surface area (Å²) in [6, 6.07) is 9.76. The van der Waals surface area contributed by atoms with Gasteiger partial charge in [-0.25, -0.2) is 4.79 Å². The Morgan fingerprint density at radius 3 is 2.48 bits per heavy atom. The molecule has 0 fully saturated rings. The van der Waals surface area contributed by atoms with Crippen LogP contribution < -0.4 is 10.6 Å². The van der Waals surface area contributed by atoms with Crippen LogP contribution in [0.2, 0.25) is 0 Å². The van der Waals surface area contributed by atoms with Crippen molar-refractivity contribution in [2.75, 3.05) is 26.4 Å². The molecule has 1 atom stereocenters. The first-order valence-corrected chi connectivity index (χ1v) is 11.6. The first kappa shape index (κ1) is 24.9. The molecule has 1 unspecified atom stereocenters. The fourth-order valence-electron chi connectivity index (χ4n) is 3.16. The maximum atomic E-state index is 12.2. The third kappa shape index (κ3) is 7.99. The first-order valence-electron chi connectivity index (χ1n) is 10.7. The number of thioether (sulfide) groups is 1. The molecule has 0 saturated heterocycles. The van der Waals surface area contributed by atoms with Crippen molar-refractivity contribution in [3.05, 3.63) is 41.7 Å². The molecule has 0 spiro atoms. The van der Waals surface area contributed by atoms with Crippen LogP contribution in [0.25, 0.3) is 0 Å². The van der Waals surface area contributed by atoms with Crippen molar-refractivity contribution < 1.29 is 9.59 Å². The third-order valence-electron chi connectivity index (χ3n) is 4.83. The number of carbonyl (C=O) groups excluding carboxylic acids is 2. The van der Waals surface area contributed by atoms with Gasteiger partial charge in [-0.15, -0.1) is 10.2 Å². The lowest BCUT2D eigenvalue weighted by atomic mass is 10.1. The predicted molar refractivity (Wildman–Crippen MR) is 124 cm³/mol. The lowest BCUT2D eigenvalue weighted by Crippen LogP contribution is -2.40. The van der Waals surface area contributed by atoms with Gasteiger partial charge in [0.1, 0.15) is 0 Å². The van der Waals surface area contributed by atoms with Crippen molar-refractivity contribution in [1.29, 1.82) is 0 Å². The molecule has 3 amide bonds. The zero-order valence-corrected chi connectivity index (χ0v) is 19.9. The minimum absolute atomic E-state index is 0.0866. The standard InChI is InChI=1S/C22H34N6O2S/c1-6-18(27(4)5)20-25-26-22(28(20)14-17-10-8-7-9-11-17)31-15-19(29)24-21(30)23-13-12-16(2)3/h7-11,16,18H,6,12-15H2,1-5H3,(H2,23,24,29,30). The second kappa shape index (κ2) is 12.5. The summed E-state index contributed by atoms with van der Waals surface area (Å²) in [6.45, 7) is 7.44. The van der Waals surface area contributed by atoms with Crippen molar-refractivity contribution in [3.8, 4) is 0 Å². The lowest BCUT2D eigenvalue weighted by molar-refractivity contribution is -0.117. The van der Waals surface area contributed by atoms with Gasteiger partial charge in [-0.2, -0.15) is 0 Å². The van der Waals surface area contributed by atoms with E-state index < -0.39 is 6.03 Å². The molecular weight excluding hydrogens is 412 g/mol. The van der Waals surface area contributed by atoms with Crippen LogP contribution in [0.4, 0.5) is 4.79 Å². The van der Waals surface area contributed by atoms with Crippen molar-refractivity contribution in [3.63, 3.8) is 0 Å². The first-order chi connectivity index (χ1) is 14.8. The summed E-state index contributed by atoms with van der Waals surface area (Å²) >= 11 is 1.28. The number of amides is 3. The monoisotopic (exact) mass is 446 g/mol. The van der Waals surface area contributed by atoms with Gasteiger partial charge in [0.25, 0.3) is 0 Å². The molecule has 0 aliphatic heterocycles. The van der Waals surface area contributed by atoms with E-state index in [0.29, 0.717) is 24.2 Å². The molecule has 0 aliphatic rings. The second-order valence-corrected chi connectivity index (χ2v) is 9.02. The molecule has 1 heterocycles. The molecule has 9 heteroatoms. The van der Waals surface area contributed by atoms with Gasteiger partial charge in [-0.1, -0.05) is 62.9 Å². The van der Waals surface area contributed by atoms with Crippen LogP contribution in [0, 0.1) is 5.92 Å². The normalized spacial score (nSPS) is 12.2. The smallest absolute Gasteiger partial charge is 0.321 e. The number of nitrogens with one attached hydrogen (secondary N) is 2. The lowest BCUT2D eigenvalue weighted by Gasteiger charge is -2.23. The highest BCUT2D eigenvalue weighted by atomic mass is 32.2. The van der Waals surface area contributed by atoms with Gasteiger partial charge in [0, 0.05) is 6.54 Å². The molecule has 0 aliphatic carbocycles. The highest BCUT2D eigenvalue weighted by molar-refractivity contribution is 7.99. The number of imide groups is 1. The quantitative estimate of drug-likeness (QED) is 0.515. The zero-order valence-electron chi connectivity index (χ0n) is 19.1. The number of hydrogen-bond donors (Lipinski definition) is 2. The van der Waals surface area contributed by atoms with Crippen LogP contribution in [-0.4, -0.2) is 58.0 Å². The number of benzene rings is 1. The van der Waals surface area contributed by atoms with E-state index in [1.807, 2.05) is 32.3 Å². The Morgan fingerprint density at radius 1 is 1.16 bits per heavy atom. The Balaban J connectivity index is 2.06. The summed E-state index contributed by atoms with van der Waals surface area (Å²) in [5.74, 6) is 1.09. The van der Waals surface area contributed by atoms with Gasteiger partial charge in [-0.05, 0) is 38.4 Å². The average Bonchev–Trinajstić information content (AvgIpc) is 3.09. The molecule has 8 nitrogen and oxygen atoms in total. The fourth-order valence-corrected chi connectivity index (χ4v) is 3.90. The van der Waals surface area contributed by atoms with Crippen molar-refractivity contribution in [2.45, 2.75) is 51.4 Å². The molecule has 1 aromatic heterocycles. The maximum Gasteiger partial charge on any atom is 0.321 e. The number of nitrogens with zero attached hydrogens (tertiary/aromatic N) is 4. The van der Waals surface area contributed by atoms with Crippen molar-refractivity contribution in [1.82, 2.24) is 30.3 Å². The van der Waals surface area contributed by atoms with E-state index >= 15 is 0 Å². The Bertz CT molecular complexity index is 838. The summed E-state index contributed by atoms with van der Waals surface area (Å²) in [5, 5.41) is 14.5. The Morgan fingerprint density at radius 2 is 1.87 bits per heavy atom. The van der Waals surface area contributed by atoms with Crippen LogP contribution in [0.5, 0.6) is 0 Å². The molecule has 1 aromatic carbocycles. The summed E-state index contributed by atoms with van der Waals surface area (Å²) in [6.07, 6.45) is 1.76. The number of aromatic nitrogens is 3. The largest absolute Gasteiger partial charge is 0.338 e. The van der Waals surface area contributed by atoms with E-state index in [1.54, 1.807) is 0 Å². The molecule has 0 saturated carbocycles. The Kier molecular flexibility index (Phi) is 10.00. The highest BCUT2D eigenvalue weighted by Crippen LogP contribution is 2.26. The van der Waals surface area contributed by atoms with Crippen LogP contribution >= 0.6 is 11.8 Å². The maximum absolute atomic E-state index is 12.2. The molecule has 0 radical (unpaired) electrons. The molecule has 2 rings (SSSR count). The molecule has 2 aromatic rings. The predicted octanol–water partition coefficient (Wildman–Crippen LogP) is 3.30. The Labute approximate surface area is 189 Å². The summed E-state index contributed by atoms with van der Waals surface area (Å²) in [4.78, 5) is 26.2. The van der Waals surface area contributed by atoms with Gasteiger partial charge in [0.05, 0.1) is 18.3 Å². The summed E-state index contributed by atoms with van der Waals surface area (Å²) in [5.41, 5.74) is 1.13. The Hall–Kier alpha value is -2.39. The zero-order chi connectivity index (χ0) is 22.8. The summed E-state index contributed by atoms with van der Waals surface area (Å²) in [7, 11) is 4.04. The van der Waals surface area contributed by atoms with Crippen molar-refractivity contribution >= 4 is 23.7 Å². The molecular formula is C22H34N6O2S. The minimum Gasteiger partial charge on any atom is -0.338 e. The van der Waals surface area contributed by atoms with Gasteiger partial charge in [0.15, 0.2) is 11.0 Å². The second-order valence-electron chi connectivity index (χ2n) is 8.08. The van der Waals surface area contributed by atoms with E-state index in [1.165, 1.54) is 11.8 Å². The van der Waals surface area contributed by atoms with Crippen LogP contribution in [0.1, 0.15) is 51.0 Å². The third-order valence-corrected chi connectivity index (χ3v) is 5.80. The van der Waals surface area contributed by atoms with E-state index in [-0.39, 0.29) is 17.7 Å². The molecule has 170 valence electrons. The van der Waals surface area contributed by atoms with Gasteiger partial charge >= 0.3 is 6.03 Å². The number of carbonyl (C=O) groups is 2. The molecule has 2 N–H and O–H groups in total. The fraction of sp³-hybridized carbons (Fsp3) is 0.545. The number of urea groups is 1.